The molecule has 1 aromatic carbocycles. The van der Waals surface area contributed by atoms with Crippen molar-refractivity contribution in [2.24, 2.45) is 51.4 Å². The number of carbonyl (C=O) groups is 3. The van der Waals surface area contributed by atoms with E-state index in [1.807, 2.05) is 13.8 Å². The molecule has 0 spiro atoms. The molecule has 276 valence electrons. The third kappa shape index (κ3) is 7.68. The first kappa shape index (κ1) is 38.0. The number of rotatable bonds is 12. The Morgan fingerprint density at radius 2 is 1.80 bits per heavy atom. The van der Waals surface area contributed by atoms with Gasteiger partial charge in [-0.3, -0.25) is 19.8 Å². The Balaban J connectivity index is 1.45. The third-order valence-electron chi connectivity index (χ3n) is 12.7. The number of allylic oxidation sites excluding steroid dienone is 1. The maximum atomic E-state index is 13.9. The molecule has 6 N–H and O–H groups in total. The van der Waals surface area contributed by atoms with Crippen molar-refractivity contribution in [1.82, 2.24) is 5.32 Å². The summed E-state index contributed by atoms with van der Waals surface area (Å²) in [6.45, 7) is 12.2. The molecule has 5 rings (SSSR count). The Labute approximate surface area is 294 Å². The maximum Gasteiger partial charge on any atom is 0.302 e. The first-order valence-corrected chi connectivity index (χ1v) is 18.1. The van der Waals surface area contributed by atoms with Crippen LogP contribution in [0.3, 0.4) is 0 Å². The normalized spacial score (nSPS) is 33.5. The lowest BCUT2D eigenvalue weighted by Gasteiger charge is -2.58. The Morgan fingerprint density at radius 3 is 2.46 bits per heavy atom. The first-order chi connectivity index (χ1) is 23.5. The molecule has 13 heteroatoms. The van der Waals surface area contributed by atoms with Crippen molar-refractivity contribution < 1.29 is 40.0 Å². The number of anilines is 1. The number of fused-ring (bicyclic) bond motifs is 5. The van der Waals surface area contributed by atoms with Crippen LogP contribution in [0.1, 0.15) is 99.3 Å². The zero-order chi connectivity index (χ0) is 36.5. The van der Waals surface area contributed by atoms with E-state index in [0.717, 1.165) is 50.3 Å². The van der Waals surface area contributed by atoms with Crippen molar-refractivity contribution in [3.05, 3.63) is 40.3 Å². The van der Waals surface area contributed by atoms with Crippen molar-refractivity contribution in [2.75, 3.05) is 12.0 Å². The van der Waals surface area contributed by atoms with Crippen molar-refractivity contribution in [3.8, 4) is 0 Å². The smallest absolute Gasteiger partial charge is 0.302 e. The molecule has 3 saturated carbocycles. The minimum absolute atomic E-state index is 0.0162. The van der Waals surface area contributed by atoms with Gasteiger partial charge in [0.25, 0.3) is 0 Å². The molecule has 0 aromatic heterocycles. The van der Waals surface area contributed by atoms with Gasteiger partial charge in [0.2, 0.25) is 5.91 Å². The minimum Gasteiger partial charge on any atom is -0.595 e. The molecule has 4 aliphatic rings. The van der Waals surface area contributed by atoms with Gasteiger partial charge in [0.05, 0.1) is 6.07 Å². The van der Waals surface area contributed by atoms with Crippen LogP contribution in [0, 0.1) is 56.8 Å². The van der Waals surface area contributed by atoms with Crippen LogP contribution in [0.2, 0.25) is 0 Å². The number of Topliss-reactive ketones (excluding diaryl/α,β-unsaturated/α-hetero) is 1. The van der Waals surface area contributed by atoms with Gasteiger partial charge in [-0.2, -0.15) is 15.6 Å². The van der Waals surface area contributed by atoms with E-state index in [0.29, 0.717) is 37.6 Å². The van der Waals surface area contributed by atoms with E-state index in [4.69, 9.17) is 9.84 Å². The number of hydrogen-bond donors (Lipinski definition) is 6. The summed E-state index contributed by atoms with van der Waals surface area (Å²) >= 11 is 0. The third-order valence-corrected chi connectivity index (χ3v) is 12.7. The predicted molar refractivity (Wildman–Crippen MR) is 186 cm³/mol. The van der Waals surface area contributed by atoms with Crippen LogP contribution in [0.25, 0.3) is 0 Å². The van der Waals surface area contributed by atoms with E-state index < -0.39 is 10.5 Å². The number of amides is 1. The lowest BCUT2D eigenvalue weighted by molar-refractivity contribution is -0.996. The summed E-state index contributed by atoms with van der Waals surface area (Å²) in [5.74, 6) is 0.576. The van der Waals surface area contributed by atoms with E-state index in [2.05, 4.69) is 30.7 Å². The Kier molecular flexibility index (Phi) is 11.6. The monoisotopic (exact) mass is 697 g/mol. The zero-order valence-corrected chi connectivity index (χ0v) is 30.2. The highest BCUT2D eigenvalue weighted by atomic mass is 16.8. The number of hydrazone groups is 1. The van der Waals surface area contributed by atoms with Gasteiger partial charge in [-0.25, -0.2) is 10.4 Å². The van der Waals surface area contributed by atoms with Gasteiger partial charge >= 0.3 is 5.97 Å². The number of benzene rings is 1. The second-order valence-corrected chi connectivity index (χ2v) is 15.9. The molecule has 0 bridgehead atoms. The van der Waals surface area contributed by atoms with E-state index >= 15 is 0 Å². The van der Waals surface area contributed by atoms with E-state index in [-0.39, 0.29) is 75.3 Å². The summed E-state index contributed by atoms with van der Waals surface area (Å²) in [4.78, 5) is 37.1. The molecule has 1 aromatic rings. The fraction of sp³-hybridized carbons (Fsp3) is 0.676. The molecule has 3 fully saturated rings. The highest BCUT2D eigenvalue weighted by Gasteiger charge is 2.62. The molecule has 2 unspecified atom stereocenters. The first-order valence-electron chi connectivity index (χ1n) is 18.1. The standard InChI is InChI=1S/C37H55N5O8/c1-21(20-38-23(3)43)7-12-34(45)22(2)35-32(40-39-31-11-9-26(41(46)47)18-33(31)42(48)49)19-30-28-10-8-25-17-27(50-24(4)44)13-15-36(25,5)29(28)14-16-37(30,35)6/h8-9,11,18,21-22,27-30,35,39,41-42,46,48H,7,10,12-17,19-20H2,1-6H3,(H,38,43)/t21-,22+,27-,28-,29-,30+,35-,36-,37-/m0/s1. The van der Waals surface area contributed by atoms with Gasteiger partial charge in [-0.05, 0) is 85.5 Å². The van der Waals surface area contributed by atoms with E-state index in [1.165, 1.54) is 31.6 Å². The number of ketones is 1. The summed E-state index contributed by atoms with van der Waals surface area (Å²) < 4.78 is 5.63. The number of nitrogens with zero attached hydrogens (tertiary/aromatic N) is 1. The Morgan fingerprint density at radius 1 is 1.06 bits per heavy atom. The van der Waals surface area contributed by atoms with Gasteiger partial charge in [-0.15, -0.1) is 0 Å². The quantitative estimate of drug-likeness (QED) is 0.106. The molecular formula is C37H55N5O8. The predicted octanol–water partition coefficient (Wildman–Crippen LogP) is 4.14. The summed E-state index contributed by atoms with van der Waals surface area (Å²) in [6, 6.07) is 3.91. The van der Waals surface area contributed by atoms with Crippen LogP contribution in [-0.2, 0) is 19.1 Å². The second-order valence-electron chi connectivity index (χ2n) is 15.9. The van der Waals surface area contributed by atoms with E-state index in [9.17, 15) is 35.2 Å². The fourth-order valence-electron chi connectivity index (χ4n) is 10.1. The number of carbonyl (C=O) groups excluding carboxylic acids is 3. The van der Waals surface area contributed by atoms with Crippen molar-refractivity contribution in [2.45, 2.75) is 105 Å². The molecule has 0 heterocycles. The van der Waals surface area contributed by atoms with Crippen LogP contribution >= 0.6 is 0 Å². The second kappa shape index (κ2) is 15.2. The Hall–Kier alpha value is -3.20. The lowest BCUT2D eigenvalue weighted by atomic mass is 9.47. The summed E-state index contributed by atoms with van der Waals surface area (Å²) in [7, 11) is 0. The molecule has 4 aliphatic carbocycles. The van der Waals surface area contributed by atoms with Crippen molar-refractivity contribution in [1.29, 1.82) is 0 Å². The van der Waals surface area contributed by atoms with Gasteiger partial charge in [-0.1, -0.05) is 39.3 Å². The molecule has 0 saturated heterocycles. The van der Waals surface area contributed by atoms with Gasteiger partial charge < -0.3 is 20.5 Å². The molecular weight excluding hydrogens is 642 g/mol. The van der Waals surface area contributed by atoms with Crippen molar-refractivity contribution in [3.63, 3.8) is 0 Å². The highest BCUT2D eigenvalue weighted by molar-refractivity contribution is 5.96. The fourth-order valence-corrected chi connectivity index (χ4v) is 10.1. The zero-order valence-electron chi connectivity index (χ0n) is 30.2. The largest absolute Gasteiger partial charge is 0.595 e. The average Bonchev–Trinajstić information content (AvgIpc) is 3.36. The van der Waals surface area contributed by atoms with Crippen LogP contribution in [0.4, 0.5) is 17.1 Å². The Bertz CT molecular complexity index is 1510. The molecule has 1 amide bonds. The molecule has 0 aliphatic heterocycles. The van der Waals surface area contributed by atoms with Gasteiger partial charge in [0.1, 0.15) is 17.6 Å². The van der Waals surface area contributed by atoms with Crippen LogP contribution < -0.4 is 21.2 Å². The topological polar surface area (TPSA) is 192 Å². The van der Waals surface area contributed by atoms with Gasteiger partial charge in [0.15, 0.2) is 11.4 Å². The highest BCUT2D eigenvalue weighted by Crippen LogP contribution is 2.66. The SMILES string of the molecule is CC(=O)NC[C@@H](C)CCC(=O)[C@@H](C)[C@H]1C(=NNc2ccc([NH+]([O-])O)cc2[NH+]([O-])O)C[C@@H]2[C@H]3CC=C4C[C@@H](OC(C)=O)CC[C@]4(C)[C@H]3CC[C@@]21C. The molecule has 11 atom stereocenters. The average molecular weight is 698 g/mol. The molecule has 50 heavy (non-hydrogen) atoms. The summed E-state index contributed by atoms with van der Waals surface area (Å²) in [5, 5.41) is 48.2. The maximum absolute atomic E-state index is 13.9. The summed E-state index contributed by atoms with van der Waals surface area (Å²) in [5.41, 5.74) is 4.91. The van der Waals surface area contributed by atoms with Gasteiger partial charge in [0, 0.05) is 56.8 Å². The lowest BCUT2D eigenvalue weighted by Crippen LogP contribution is -3.00. The number of esters is 1. The minimum atomic E-state index is -1.26. The number of nitrogens with one attached hydrogen (secondary N) is 4. The summed E-state index contributed by atoms with van der Waals surface area (Å²) in [6.07, 6.45) is 9.49. The number of ether oxygens (including phenoxy) is 1. The molecule has 13 nitrogen and oxygen atoms in total. The molecule has 0 radical (unpaired) electrons. The number of hydrogen-bond acceptors (Lipinski definition) is 10. The van der Waals surface area contributed by atoms with Crippen molar-refractivity contribution >= 4 is 40.4 Å². The van der Waals surface area contributed by atoms with Crippen LogP contribution in [0.15, 0.2) is 34.9 Å². The number of quaternary nitrogens is 2. The van der Waals surface area contributed by atoms with Crippen LogP contribution in [0.5, 0.6) is 0 Å². The van der Waals surface area contributed by atoms with Crippen LogP contribution in [-0.4, -0.2) is 46.4 Å². The van der Waals surface area contributed by atoms with E-state index in [1.54, 1.807) is 0 Å².